The lowest BCUT2D eigenvalue weighted by molar-refractivity contribution is 0.541. The molecule has 1 aromatic rings. The molecule has 0 aromatic heterocycles. The molecule has 0 fully saturated rings. The lowest BCUT2D eigenvalue weighted by atomic mass is 9.92. The van der Waals surface area contributed by atoms with Crippen molar-refractivity contribution < 1.29 is 0 Å². The number of hydrogen-bond donors (Lipinski definition) is 0. The molecule has 0 radical (unpaired) electrons. The zero-order valence-electron chi connectivity index (χ0n) is 10.5. The molecule has 0 aliphatic rings. The first-order valence-corrected chi connectivity index (χ1v) is 5.62. The summed E-state index contributed by atoms with van der Waals surface area (Å²) < 4.78 is 0. The van der Waals surface area contributed by atoms with Gasteiger partial charge in [0.05, 0.1) is 11.6 Å². The molecule has 0 heterocycles. The molecule has 0 spiro atoms. The van der Waals surface area contributed by atoms with E-state index in [9.17, 15) is 0 Å². The molecule has 1 unspecified atom stereocenters. The average Bonchev–Trinajstić information content (AvgIpc) is 2.25. The minimum atomic E-state index is 0.223. The number of hydrogen-bond acceptors (Lipinski definition) is 1. The quantitative estimate of drug-likeness (QED) is 0.673. The molecule has 1 aromatic carbocycles. The van der Waals surface area contributed by atoms with Crippen LogP contribution >= 0.6 is 0 Å². The van der Waals surface area contributed by atoms with Crippen LogP contribution < -0.4 is 0 Å². The lowest BCUT2D eigenvalue weighted by Gasteiger charge is -2.13. The van der Waals surface area contributed by atoms with Gasteiger partial charge in [-0.15, -0.1) is 0 Å². The third-order valence-electron chi connectivity index (χ3n) is 2.45. The summed E-state index contributed by atoms with van der Waals surface area (Å²) in [6.45, 7) is 8.74. The number of rotatable bonds is 2. The smallest absolute Gasteiger partial charge is 0.0991 e. The third kappa shape index (κ3) is 3.90. The van der Waals surface area contributed by atoms with Gasteiger partial charge in [0.2, 0.25) is 0 Å². The van der Waals surface area contributed by atoms with E-state index < -0.39 is 0 Å². The predicted octanol–water partition coefficient (Wildman–Crippen LogP) is 4.26. The van der Waals surface area contributed by atoms with Crippen molar-refractivity contribution in [1.82, 2.24) is 0 Å². The van der Waals surface area contributed by atoms with E-state index >= 15 is 0 Å². The van der Waals surface area contributed by atoms with E-state index in [1.54, 1.807) is 0 Å². The molecule has 84 valence electrons. The standard InChI is InChI=1S/C15H19N/c1-12(9-10-15(2,3)4)14-7-5-13(11-16)6-8-14/h5-10,12H,1-4H3/b10-9+. The van der Waals surface area contributed by atoms with E-state index in [0.29, 0.717) is 5.92 Å². The van der Waals surface area contributed by atoms with Crippen LogP contribution in [0.5, 0.6) is 0 Å². The Morgan fingerprint density at radius 3 is 2.19 bits per heavy atom. The first-order chi connectivity index (χ1) is 7.42. The number of nitrogens with zero attached hydrogens (tertiary/aromatic N) is 1. The maximum absolute atomic E-state index is 8.71. The van der Waals surface area contributed by atoms with Gasteiger partial charge in [0, 0.05) is 0 Å². The zero-order chi connectivity index (χ0) is 12.2. The van der Waals surface area contributed by atoms with Gasteiger partial charge in [0.15, 0.2) is 0 Å². The SMILES string of the molecule is CC(/C=C/C(C)(C)C)c1ccc(C#N)cc1. The monoisotopic (exact) mass is 213 g/mol. The normalized spacial score (nSPS) is 13.7. The van der Waals surface area contributed by atoms with Crippen LogP contribution in [0.1, 0.15) is 44.7 Å². The van der Waals surface area contributed by atoms with Crippen molar-refractivity contribution in [3.8, 4) is 6.07 Å². The van der Waals surface area contributed by atoms with Crippen LogP contribution in [0.15, 0.2) is 36.4 Å². The van der Waals surface area contributed by atoms with Crippen LogP contribution in [-0.2, 0) is 0 Å². The first-order valence-electron chi connectivity index (χ1n) is 5.62. The van der Waals surface area contributed by atoms with Gasteiger partial charge in [-0.25, -0.2) is 0 Å². The highest BCUT2D eigenvalue weighted by Gasteiger charge is 2.06. The average molecular weight is 213 g/mol. The molecule has 0 amide bonds. The van der Waals surface area contributed by atoms with Gasteiger partial charge < -0.3 is 0 Å². The zero-order valence-corrected chi connectivity index (χ0v) is 10.5. The fourth-order valence-electron chi connectivity index (χ4n) is 1.41. The Balaban J connectivity index is 2.78. The molecular weight excluding hydrogens is 194 g/mol. The van der Waals surface area contributed by atoms with Gasteiger partial charge >= 0.3 is 0 Å². The lowest BCUT2D eigenvalue weighted by Crippen LogP contribution is -2.00. The number of benzene rings is 1. The van der Waals surface area contributed by atoms with Crippen molar-refractivity contribution in [1.29, 1.82) is 5.26 Å². The van der Waals surface area contributed by atoms with E-state index in [2.05, 4.69) is 45.9 Å². The molecule has 1 atom stereocenters. The van der Waals surface area contributed by atoms with Gasteiger partial charge in [-0.2, -0.15) is 5.26 Å². The van der Waals surface area contributed by atoms with Crippen LogP contribution in [0.25, 0.3) is 0 Å². The van der Waals surface area contributed by atoms with E-state index in [0.717, 1.165) is 5.56 Å². The largest absolute Gasteiger partial charge is 0.192 e. The summed E-state index contributed by atoms with van der Waals surface area (Å²) in [6.07, 6.45) is 4.46. The predicted molar refractivity (Wildman–Crippen MR) is 68.2 cm³/mol. The highest BCUT2D eigenvalue weighted by molar-refractivity contribution is 5.34. The minimum Gasteiger partial charge on any atom is -0.192 e. The summed E-state index contributed by atoms with van der Waals surface area (Å²) in [5.41, 5.74) is 2.19. The Morgan fingerprint density at radius 2 is 1.75 bits per heavy atom. The topological polar surface area (TPSA) is 23.8 Å². The summed E-state index contributed by atoms with van der Waals surface area (Å²) >= 11 is 0. The second-order valence-electron chi connectivity index (χ2n) is 5.25. The molecule has 16 heavy (non-hydrogen) atoms. The molecule has 0 saturated carbocycles. The Hall–Kier alpha value is -1.55. The van der Waals surface area contributed by atoms with Gasteiger partial charge in [-0.1, -0.05) is 52.0 Å². The summed E-state index contributed by atoms with van der Waals surface area (Å²) in [4.78, 5) is 0. The highest BCUT2D eigenvalue weighted by Crippen LogP contribution is 2.21. The Labute approximate surface area is 98.4 Å². The molecule has 0 N–H and O–H groups in total. The summed E-state index contributed by atoms with van der Waals surface area (Å²) in [6, 6.07) is 9.92. The van der Waals surface area contributed by atoms with Crippen LogP contribution in [0, 0.1) is 16.7 Å². The molecule has 0 bridgehead atoms. The van der Waals surface area contributed by atoms with E-state index in [1.807, 2.05) is 24.3 Å². The Bertz CT molecular complexity index is 399. The summed E-state index contributed by atoms with van der Waals surface area (Å²) in [5, 5.41) is 8.71. The van der Waals surface area contributed by atoms with Crippen LogP contribution in [0.3, 0.4) is 0 Å². The maximum Gasteiger partial charge on any atom is 0.0991 e. The summed E-state index contributed by atoms with van der Waals surface area (Å²) in [5.74, 6) is 0.395. The number of nitriles is 1. The van der Waals surface area contributed by atoms with Gasteiger partial charge in [0.1, 0.15) is 0 Å². The highest BCUT2D eigenvalue weighted by atomic mass is 14.2. The van der Waals surface area contributed by atoms with Crippen molar-refractivity contribution >= 4 is 0 Å². The van der Waals surface area contributed by atoms with Crippen LogP contribution in [0.4, 0.5) is 0 Å². The summed E-state index contributed by atoms with van der Waals surface area (Å²) in [7, 11) is 0. The molecule has 1 rings (SSSR count). The molecule has 0 saturated heterocycles. The first kappa shape index (κ1) is 12.5. The number of allylic oxidation sites excluding steroid dienone is 2. The second-order valence-corrected chi connectivity index (χ2v) is 5.25. The third-order valence-corrected chi connectivity index (χ3v) is 2.45. The minimum absolute atomic E-state index is 0.223. The van der Waals surface area contributed by atoms with Crippen molar-refractivity contribution in [2.24, 2.45) is 5.41 Å². The fraction of sp³-hybridized carbons (Fsp3) is 0.400. The molecule has 0 aliphatic heterocycles. The van der Waals surface area contributed by atoms with E-state index in [4.69, 9.17) is 5.26 Å². The Morgan fingerprint density at radius 1 is 1.19 bits per heavy atom. The van der Waals surface area contributed by atoms with Crippen LogP contribution in [0.2, 0.25) is 0 Å². The van der Waals surface area contributed by atoms with Gasteiger partial charge in [-0.3, -0.25) is 0 Å². The second kappa shape index (κ2) is 4.99. The molecule has 0 aliphatic carbocycles. The van der Waals surface area contributed by atoms with E-state index in [-0.39, 0.29) is 5.41 Å². The Kier molecular flexibility index (Phi) is 3.90. The molecular formula is C15H19N. The molecule has 1 nitrogen and oxygen atoms in total. The maximum atomic E-state index is 8.71. The van der Waals surface area contributed by atoms with Crippen LogP contribution in [-0.4, -0.2) is 0 Å². The fourth-order valence-corrected chi connectivity index (χ4v) is 1.41. The van der Waals surface area contributed by atoms with Crippen molar-refractivity contribution in [3.05, 3.63) is 47.5 Å². The van der Waals surface area contributed by atoms with Gasteiger partial charge in [-0.05, 0) is 29.0 Å². The van der Waals surface area contributed by atoms with Gasteiger partial charge in [0.25, 0.3) is 0 Å². The van der Waals surface area contributed by atoms with E-state index in [1.165, 1.54) is 5.56 Å². The van der Waals surface area contributed by atoms with Crippen molar-refractivity contribution in [2.45, 2.75) is 33.6 Å². The van der Waals surface area contributed by atoms with Crippen molar-refractivity contribution in [2.75, 3.05) is 0 Å². The molecule has 1 heteroatoms. The van der Waals surface area contributed by atoms with Crippen molar-refractivity contribution in [3.63, 3.8) is 0 Å².